The van der Waals surface area contributed by atoms with Crippen molar-refractivity contribution in [1.29, 1.82) is 0 Å². The topological polar surface area (TPSA) is 60.4 Å². The molecule has 0 aromatic heterocycles. The number of ether oxygens (including phenoxy) is 4. The van der Waals surface area contributed by atoms with E-state index in [0.29, 0.717) is 17.2 Å². The Labute approximate surface area is 179 Å². The van der Waals surface area contributed by atoms with Crippen molar-refractivity contribution >= 4 is 0 Å². The molecule has 0 aliphatic carbocycles. The van der Waals surface area contributed by atoms with Gasteiger partial charge in [-0.3, -0.25) is 4.90 Å². The zero-order valence-corrected chi connectivity index (χ0v) is 18.4. The molecule has 6 nitrogen and oxygen atoms in total. The van der Waals surface area contributed by atoms with Crippen molar-refractivity contribution in [3.63, 3.8) is 0 Å². The monoisotopic (exact) mass is 415 g/mol. The zero-order valence-electron chi connectivity index (χ0n) is 18.4. The number of hydrogen-bond donors (Lipinski definition) is 1. The summed E-state index contributed by atoms with van der Waals surface area (Å²) in [6, 6.07) is 12.1. The van der Waals surface area contributed by atoms with E-state index in [1.54, 1.807) is 28.4 Å². The van der Waals surface area contributed by atoms with E-state index in [-0.39, 0.29) is 12.0 Å². The van der Waals surface area contributed by atoms with Crippen LogP contribution in [0.4, 0.5) is 0 Å². The van der Waals surface area contributed by atoms with E-state index < -0.39 is 0 Å². The van der Waals surface area contributed by atoms with E-state index in [4.69, 9.17) is 18.9 Å². The van der Waals surface area contributed by atoms with Crippen LogP contribution in [0.3, 0.4) is 0 Å². The minimum atomic E-state index is -0.161. The summed E-state index contributed by atoms with van der Waals surface area (Å²) in [6.07, 6.45) is 2.88. The molecule has 0 saturated carbocycles. The van der Waals surface area contributed by atoms with Gasteiger partial charge in [-0.25, -0.2) is 0 Å². The van der Waals surface area contributed by atoms with Crippen molar-refractivity contribution in [3.8, 4) is 23.0 Å². The van der Waals surface area contributed by atoms with Crippen LogP contribution in [-0.2, 0) is 13.0 Å². The molecule has 1 aliphatic heterocycles. The molecule has 0 radical (unpaired) electrons. The zero-order chi connectivity index (χ0) is 21.6. The van der Waals surface area contributed by atoms with E-state index in [9.17, 15) is 5.11 Å². The number of aliphatic hydroxyl groups is 1. The van der Waals surface area contributed by atoms with Crippen molar-refractivity contribution in [1.82, 2.24) is 4.90 Å². The molecule has 0 spiro atoms. The Morgan fingerprint density at radius 2 is 1.67 bits per heavy atom. The molecule has 2 aromatic rings. The molecular formula is C24H33NO5. The van der Waals surface area contributed by atoms with Crippen molar-refractivity contribution in [2.75, 3.05) is 48.1 Å². The van der Waals surface area contributed by atoms with Gasteiger partial charge >= 0.3 is 0 Å². The van der Waals surface area contributed by atoms with E-state index in [2.05, 4.69) is 17.0 Å². The third-order valence-electron chi connectivity index (χ3n) is 5.92. The van der Waals surface area contributed by atoms with E-state index in [1.807, 2.05) is 24.3 Å². The molecule has 164 valence electrons. The first kappa shape index (κ1) is 22.2. The van der Waals surface area contributed by atoms with Gasteiger partial charge in [0.2, 0.25) is 5.75 Å². The number of hydrogen-bond acceptors (Lipinski definition) is 6. The number of methoxy groups -OCH3 is 4. The van der Waals surface area contributed by atoms with Gasteiger partial charge in [-0.15, -0.1) is 0 Å². The largest absolute Gasteiger partial charge is 0.497 e. The van der Waals surface area contributed by atoms with Crippen molar-refractivity contribution < 1.29 is 24.1 Å². The maximum atomic E-state index is 10.3. The fourth-order valence-electron chi connectivity index (χ4n) is 4.47. The Kier molecular flexibility index (Phi) is 7.45. The summed E-state index contributed by atoms with van der Waals surface area (Å²) in [5, 5.41) is 10.3. The fourth-order valence-corrected chi connectivity index (χ4v) is 4.47. The second-order valence-corrected chi connectivity index (χ2v) is 8.03. The van der Waals surface area contributed by atoms with Gasteiger partial charge < -0.3 is 24.1 Å². The predicted octanol–water partition coefficient (Wildman–Crippen LogP) is 3.54. The van der Waals surface area contributed by atoms with Crippen LogP contribution >= 0.6 is 0 Å². The second-order valence-electron chi connectivity index (χ2n) is 8.03. The van der Waals surface area contributed by atoms with Crippen LogP contribution in [0.1, 0.15) is 24.0 Å². The minimum Gasteiger partial charge on any atom is -0.497 e. The van der Waals surface area contributed by atoms with Crippen LogP contribution < -0.4 is 18.9 Å². The number of nitrogens with zero attached hydrogens (tertiary/aromatic N) is 1. The molecule has 0 unspecified atom stereocenters. The number of aliphatic hydroxyl groups excluding tert-OH is 1. The van der Waals surface area contributed by atoms with Gasteiger partial charge in [0.1, 0.15) is 5.75 Å². The summed E-state index contributed by atoms with van der Waals surface area (Å²) in [4.78, 5) is 2.40. The number of likely N-dealkylation sites (tertiary alicyclic amines) is 1. The lowest BCUT2D eigenvalue weighted by molar-refractivity contribution is 0.0288. The van der Waals surface area contributed by atoms with Crippen molar-refractivity contribution in [2.24, 2.45) is 5.41 Å². The number of benzene rings is 2. The Hall–Kier alpha value is -2.44. The highest BCUT2D eigenvalue weighted by atomic mass is 16.5. The van der Waals surface area contributed by atoms with Crippen LogP contribution in [0.25, 0.3) is 0 Å². The van der Waals surface area contributed by atoms with Crippen molar-refractivity contribution in [2.45, 2.75) is 25.8 Å². The predicted molar refractivity (Wildman–Crippen MR) is 117 cm³/mol. The lowest BCUT2D eigenvalue weighted by atomic mass is 9.75. The highest BCUT2D eigenvalue weighted by Gasteiger charge is 2.35. The second kappa shape index (κ2) is 10.0. The normalized spacial score (nSPS) is 19.4. The van der Waals surface area contributed by atoms with E-state index >= 15 is 0 Å². The SMILES string of the molecule is COc1cccc(C[C@@]2(CO)CCCN(Cc3cc(OC)c(OC)c(OC)c3)C2)c1. The van der Waals surface area contributed by atoms with Crippen LogP contribution in [0.15, 0.2) is 36.4 Å². The summed E-state index contributed by atoms with van der Waals surface area (Å²) in [6.45, 7) is 2.75. The first-order chi connectivity index (χ1) is 14.6. The smallest absolute Gasteiger partial charge is 0.203 e. The third kappa shape index (κ3) is 4.99. The summed E-state index contributed by atoms with van der Waals surface area (Å²) in [7, 11) is 6.55. The maximum absolute atomic E-state index is 10.3. The molecule has 3 rings (SSSR count). The molecule has 1 heterocycles. The van der Waals surface area contributed by atoms with Gasteiger partial charge in [-0.1, -0.05) is 12.1 Å². The lowest BCUT2D eigenvalue weighted by Gasteiger charge is -2.42. The van der Waals surface area contributed by atoms with Gasteiger partial charge in [-0.2, -0.15) is 0 Å². The van der Waals surface area contributed by atoms with Gasteiger partial charge in [0.05, 0.1) is 35.0 Å². The van der Waals surface area contributed by atoms with Crippen LogP contribution in [0.2, 0.25) is 0 Å². The molecule has 1 aliphatic rings. The molecule has 30 heavy (non-hydrogen) atoms. The Morgan fingerprint density at radius 3 is 2.27 bits per heavy atom. The van der Waals surface area contributed by atoms with Crippen LogP contribution in [0, 0.1) is 5.41 Å². The summed E-state index contributed by atoms with van der Waals surface area (Å²) in [5.41, 5.74) is 2.13. The highest BCUT2D eigenvalue weighted by molar-refractivity contribution is 5.53. The lowest BCUT2D eigenvalue weighted by Crippen LogP contribution is -2.46. The maximum Gasteiger partial charge on any atom is 0.203 e. The summed E-state index contributed by atoms with van der Waals surface area (Å²) < 4.78 is 21.8. The average Bonchev–Trinajstić information content (AvgIpc) is 2.78. The molecule has 0 bridgehead atoms. The van der Waals surface area contributed by atoms with Crippen LogP contribution in [0.5, 0.6) is 23.0 Å². The fraction of sp³-hybridized carbons (Fsp3) is 0.500. The van der Waals surface area contributed by atoms with E-state index in [1.165, 1.54) is 5.56 Å². The molecule has 2 aromatic carbocycles. The Bertz CT molecular complexity index is 815. The first-order valence-electron chi connectivity index (χ1n) is 10.3. The van der Waals surface area contributed by atoms with Crippen LogP contribution in [-0.4, -0.2) is 58.1 Å². The molecule has 1 fully saturated rings. The molecule has 1 saturated heterocycles. The molecule has 1 atom stereocenters. The van der Waals surface area contributed by atoms with E-state index in [0.717, 1.165) is 50.2 Å². The van der Waals surface area contributed by atoms with Gasteiger partial charge in [0.25, 0.3) is 0 Å². The van der Waals surface area contributed by atoms with Gasteiger partial charge in [-0.05, 0) is 61.2 Å². The molecule has 0 amide bonds. The molecular weight excluding hydrogens is 382 g/mol. The summed E-state index contributed by atoms with van der Waals surface area (Å²) in [5.74, 6) is 2.78. The summed E-state index contributed by atoms with van der Waals surface area (Å²) >= 11 is 0. The third-order valence-corrected chi connectivity index (χ3v) is 5.92. The van der Waals surface area contributed by atoms with Gasteiger partial charge in [0.15, 0.2) is 11.5 Å². The Balaban J connectivity index is 1.78. The highest BCUT2D eigenvalue weighted by Crippen LogP contribution is 2.39. The average molecular weight is 416 g/mol. The molecule has 6 heteroatoms. The van der Waals surface area contributed by atoms with Gasteiger partial charge in [0, 0.05) is 18.5 Å². The quantitative estimate of drug-likeness (QED) is 0.676. The number of rotatable bonds is 9. The molecule has 1 N–H and O–H groups in total. The number of piperidine rings is 1. The standard InChI is InChI=1S/C24H33NO5/c1-27-20-8-5-7-18(11-20)14-24(17-26)9-6-10-25(16-24)15-19-12-21(28-2)23(30-4)22(13-19)29-3/h5,7-8,11-13,26H,6,9-10,14-17H2,1-4H3/t24-/m0/s1. The Morgan fingerprint density at radius 1 is 0.933 bits per heavy atom. The van der Waals surface area contributed by atoms with Crippen molar-refractivity contribution in [3.05, 3.63) is 47.5 Å². The first-order valence-corrected chi connectivity index (χ1v) is 10.3. The minimum absolute atomic E-state index is 0.161.